The Morgan fingerprint density at radius 2 is 1.70 bits per heavy atom. The molecule has 3 rings (SSSR count). The van der Waals surface area contributed by atoms with Gasteiger partial charge in [0.1, 0.15) is 0 Å². The Morgan fingerprint density at radius 3 is 2.41 bits per heavy atom. The van der Waals surface area contributed by atoms with Gasteiger partial charge in [0.15, 0.2) is 11.5 Å². The predicted octanol–water partition coefficient (Wildman–Crippen LogP) is 3.62. The van der Waals surface area contributed by atoms with Crippen molar-refractivity contribution >= 4 is 5.91 Å². The maximum atomic E-state index is 12.5. The molecule has 0 radical (unpaired) electrons. The number of benzene rings is 2. The van der Waals surface area contributed by atoms with Crippen molar-refractivity contribution in [3.63, 3.8) is 0 Å². The standard InChI is InChI=1S/C22H28N2O3/c1-16(2)24(3)15-18-7-5-17(6-8-18)14-23-22(25)19-9-10-20-21(13-19)27-12-4-11-26-20/h5-10,13,16H,4,11-12,14-15H2,1-3H3,(H,23,25). The van der Waals surface area contributed by atoms with Crippen molar-refractivity contribution in [3.8, 4) is 11.5 Å². The first-order valence-corrected chi connectivity index (χ1v) is 9.49. The van der Waals surface area contributed by atoms with Crippen LogP contribution in [0.25, 0.3) is 0 Å². The molecule has 0 saturated heterocycles. The first-order valence-electron chi connectivity index (χ1n) is 9.49. The van der Waals surface area contributed by atoms with Crippen LogP contribution < -0.4 is 14.8 Å². The zero-order valence-corrected chi connectivity index (χ0v) is 16.3. The quantitative estimate of drug-likeness (QED) is 0.846. The fourth-order valence-corrected chi connectivity index (χ4v) is 2.82. The highest BCUT2D eigenvalue weighted by Gasteiger charge is 2.14. The minimum atomic E-state index is -0.116. The summed E-state index contributed by atoms with van der Waals surface area (Å²) in [6, 6.07) is 14.2. The average molecular weight is 368 g/mol. The van der Waals surface area contributed by atoms with Crippen LogP contribution in [-0.2, 0) is 13.1 Å². The van der Waals surface area contributed by atoms with E-state index in [1.807, 2.05) is 0 Å². The molecule has 1 aliphatic heterocycles. The fraction of sp³-hybridized carbons (Fsp3) is 0.409. The van der Waals surface area contributed by atoms with Gasteiger partial charge in [-0.25, -0.2) is 0 Å². The Balaban J connectivity index is 1.57. The van der Waals surface area contributed by atoms with Crippen LogP contribution in [0, 0.1) is 0 Å². The summed E-state index contributed by atoms with van der Waals surface area (Å²) >= 11 is 0. The summed E-state index contributed by atoms with van der Waals surface area (Å²) in [4.78, 5) is 14.8. The smallest absolute Gasteiger partial charge is 0.251 e. The molecule has 5 nitrogen and oxygen atoms in total. The van der Waals surface area contributed by atoms with Crippen molar-refractivity contribution in [1.29, 1.82) is 0 Å². The highest BCUT2D eigenvalue weighted by molar-refractivity contribution is 5.94. The van der Waals surface area contributed by atoms with Crippen molar-refractivity contribution in [2.75, 3.05) is 20.3 Å². The van der Waals surface area contributed by atoms with Crippen LogP contribution in [0.15, 0.2) is 42.5 Å². The molecular weight excluding hydrogens is 340 g/mol. The second-order valence-electron chi connectivity index (χ2n) is 7.22. The number of fused-ring (bicyclic) bond motifs is 1. The Labute approximate surface area is 161 Å². The molecule has 2 aromatic carbocycles. The molecule has 0 fully saturated rings. The average Bonchev–Trinajstić information content (AvgIpc) is 2.91. The Kier molecular flexibility index (Phi) is 6.35. The number of carbonyl (C=O) groups is 1. The second-order valence-corrected chi connectivity index (χ2v) is 7.22. The van der Waals surface area contributed by atoms with Gasteiger partial charge in [-0.15, -0.1) is 0 Å². The minimum Gasteiger partial charge on any atom is -0.490 e. The van der Waals surface area contributed by atoms with Crippen LogP contribution >= 0.6 is 0 Å². The molecule has 0 aromatic heterocycles. The Hall–Kier alpha value is -2.53. The van der Waals surface area contributed by atoms with Crippen LogP contribution in [0.2, 0.25) is 0 Å². The maximum absolute atomic E-state index is 12.5. The van der Waals surface area contributed by atoms with E-state index in [2.05, 4.69) is 55.4 Å². The molecule has 0 spiro atoms. The predicted molar refractivity (Wildman–Crippen MR) is 106 cm³/mol. The summed E-state index contributed by atoms with van der Waals surface area (Å²) in [6.45, 7) is 7.03. The molecule has 0 atom stereocenters. The van der Waals surface area contributed by atoms with Crippen LogP contribution in [0.5, 0.6) is 11.5 Å². The molecule has 2 aromatic rings. The third kappa shape index (κ3) is 5.23. The summed E-state index contributed by atoms with van der Waals surface area (Å²) < 4.78 is 11.3. The minimum absolute atomic E-state index is 0.116. The number of carbonyl (C=O) groups excluding carboxylic acids is 1. The van der Waals surface area contributed by atoms with Gasteiger partial charge in [0.25, 0.3) is 5.91 Å². The summed E-state index contributed by atoms with van der Waals surface area (Å²) in [5, 5.41) is 2.97. The van der Waals surface area contributed by atoms with Gasteiger partial charge in [0, 0.05) is 31.1 Å². The number of hydrogen-bond donors (Lipinski definition) is 1. The summed E-state index contributed by atoms with van der Waals surface area (Å²) in [7, 11) is 2.12. The third-order valence-corrected chi connectivity index (χ3v) is 4.80. The zero-order chi connectivity index (χ0) is 19.2. The topological polar surface area (TPSA) is 50.8 Å². The van der Waals surface area contributed by atoms with Crippen LogP contribution in [0.4, 0.5) is 0 Å². The van der Waals surface area contributed by atoms with Crippen molar-refractivity contribution < 1.29 is 14.3 Å². The SMILES string of the molecule is CC(C)N(C)Cc1ccc(CNC(=O)c2ccc3c(c2)OCCCO3)cc1. The molecule has 0 unspecified atom stereocenters. The van der Waals surface area contributed by atoms with Crippen molar-refractivity contribution in [2.24, 2.45) is 0 Å². The largest absolute Gasteiger partial charge is 0.490 e. The fourth-order valence-electron chi connectivity index (χ4n) is 2.82. The van der Waals surface area contributed by atoms with Crippen LogP contribution in [-0.4, -0.2) is 37.1 Å². The van der Waals surface area contributed by atoms with Gasteiger partial charge in [-0.1, -0.05) is 24.3 Å². The normalized spacial score (nSPS) is 13.5. The van der Waals surface area contributed by atoms with E-state index in [0.717, 1.165) is 18.5 Å². The zero-order valence-electron chi connectivity index (χ0n) is 16.3. The van der Waals surface area contributed by atoms with Gasteiger partial charge in [-0.05, 0) is 50.2 Å². The Bertz CT molecular complexity index is 772. The van der Waals surface area contributed by atoms with Gasteiger partial charge in [-0.3, -0.25) is 9.69 Å². The lowest BCUT2D eigenvalue weighted by molar-refractivity contribution is 0.0950. The van der Waals surface area contributed by atoms with Crippen molar-refractivity contribution in [2.45, 2.75) is 39.4 Å². The summed E-state index contributed by atoms with van der Waals surface area (Å²) in [6.07, 6.45) is 0.846. The molecule has 0 aliphatic carbocycles. The van der Waals surface area contributed by atoms with E-state index >= 15 is 0 Å². The molecular formula is C22H28N2O3. The van der Waals surface area contributed by atoms with Crippen molar-refractivity contribution in [3.05, 3.63) is 59.2 Å². The third-order valence-electron chi connectivity index (χ3n) is 4.80. The molecule has 1 N–H and O–H groups in total. The number of amides is 1. The lowest BCUT2D eigenvalue weighted by Gasteiger charge is -2.21. The van der Waals surface area contributed by atoms with Gasteiger partial charge < -0.3 is 14.8 Å². The molecule has 1 aliphatic rings. The lowest BCUT2D eigenvalue weighted by Crippen LogP contribution is -2.25. The highest BCUT2D eigenvalue weighted by Crippen LogP contribution is 2.30. The number of rotatable bonds is 6. The van der Waals surface area contributed by atoms with Crippen LogP contribution in [0.1, 0.15) is 41.8 Å². The second kappa shape index (κ2) is 8.91. The monoisotopic (exact) mass is 368 g/mol. The molecule has 0 bridgehead atoms. The molecule has 27 heavy (non-hydrogen) atoms. The van der Waals surface area contributed by atoms with Gasteiger partial charge in [0.2, 0.25) is 0 Å². The van der Waals surface area contributed by atoms with E-state index in [1.165, 1.54) is 5.56 Å². The van der Waals surface area contributed by atoms with E-state index in [4.69, 9.17) is 9.47 Å². The number of hydrogen-bond acceptors (Lipinski definition) is 4. The Morgan fingerprint density at radius 1 is 1.04 bits per heavy atom. The molecule has 1 heterocycles. The number of ether oxygens (including phenoxy) is 2. The van der Waals surface area contributed by atoms with E-state index in [1.54, 1.807) is 18.2 Å². The van der Waals surface area contributed by atoms with Gasteiger partial charge in [-0.2, -0.15) is 0 Å². The van der Waals surface area contributed by atoms with E-state index in [9.17, 15) is 4.79 Å². The maximum Gasteiger partial charge on any atom is 0.251 e. The van der Waals surface area contributed by atoms with Gasteiger partial charge in [0.05, 0.1) is 13.2 Å². The first-order chi connectivity index (χ1) is 13.0. The highest BCUT2D eigenvalue weighted by atomic mass is 16.5. The first kappa shape index (κ1) is 19.2. The summed E-state index contributed by atoms with van der Waals surface area (Å²) in [5.74, 6) is 1.22. The number of nitrogens with one attached hydrogen (secondary N) is 1. The van der Waals surface area contributed by atoms with Gasteiger partial charge >= 0.3 is 0 Å². The van der Waals surface area contributed by atoms with E-state index in [-0.39, 0.29) is 5.91 Å². The molecule has 0 saturated carbocycles. The van der Waals surface area contributed by atoms with E-state index in [0.29, 0.717) is 42.9 Å². The summed E-state index contributed by atoms with van der Waals surface area (Å²) in [5.41, 5.74) is 2.92. The molecule has 144 valence electrons. The lowest BCUT2D eigenvalue weighted by atomic mass is 10.1. The molecule has 1 amide bonds. The van der Waals surface area contributed by atoms with Crippen molar-refractivity contribution in [1.82, 2.24) is 10.2 Å². The number of nitrogens with zero attached hydrogens (tertiary/aromatic N) is 1. The molecule has 5 heteroatoms. The van der Waals surface area contributed by atoms with Crippen LogP contribution in [0.3, 0.4) is 0 Å². The van der Waals surface area contributed by atoms with E-state index < -0.39 is 0 Å².